The summed E-state index contributed by atoms with van der Waals surface area (Å²) < 4.78 is 10.3. The van der Waals surface area contributed by atoms with Gasteiger partial charge in [-0.25, -0.2) is 4.98 Å². The normalized spacial score (nSPS) is 10.7. The van der Waals surface area contributed by atoms with Gasteiger partial charge in [0.05, 0.1) is 6.61 Å². The summed E-state index contributed by atoms with van der Waals surface area (Å²) in [5, 5.41) is 0.636. The van der Waals surface area contributed by atoms with Crippen LogP contribution in [0.25, 0.3) is 11.1 Å². The molecule has 0 fully saturated rings. The fourth-order valence-electron chi connectivity index (χ4n) is 1.49. The number of aryl methyl sites for hydroxylation is 1. The molecule has 2 rings (SSSR count). The number of carbonyl (C=O) groups excluding carboxylic acids is 1. The van der Waals surface area contributed by atoms with Gasteiger partial charge in [-0.15, -0.1) is 0 Å². The molecule has 1 aromatic carbocycles. The molecule has 0 saturated heterocycles. The minimum atomic E-state index is -0.269. The van der Waals surface area contributed by atoms with Crippen LogP contribution >= 0.6 is 11.6 Å². The fourth-order valence-corrected chi connectivity index (χ4v) is 1.66. The van der Waals surface area contributed by atoms with Gasteiger partial charge in [-0.3, -0.25) is 4.79 Å². The Kier molecular flexibility index (Phi) is 3.64. The molecule has 0 N–H and O–H groups in total. The van der Waals surface area contributed by atoms with E-state index in [0.717, 1.165) is 11.1 Å². The first-order chi connectivity index (χ1) is 8.15. The SMILES string of the molecule is CC(=O)OCCCc1nc2cc(Cl)ccc2o1. The summed E-state index contributed by atoms with van der Waals surface area (Å²) in [7, 11) is 0. The van der Waals surface area contributed by atoms with Crippen molar-refractivity contribution in [2.24, 2.45) is 0 Å². The van der Waals surface area contributed by atoms with Gasteiger partial charge in [-0.2, -0.15) is 0 Å². The van der Waals surface area contributed by atoms with Gasteiger partial charge >= 0.3 is 5.97 Å². The number of nitrogens with zero attached hydrogens (tertiary/aromatic N) is 1. The number of ether oxygens (including phenoxy) is 1. The van der Waals surface area contributed by atoms with Crippen LogP contribution in [0.1, 0.15) is 19.2 Å². The zero-order valence-corrected chi connectivity index (χ0v) is 10.2. The lowest BCUT2D eigenvalue weighted by Gasteiger charge is -1.98. The minimum absolute atomic E-state index is 0.269. The van der Waals surface area contributed by atoms with E-state index >= 15 is 0 Å². The molecule has 2 aromatic rings. The van der Waals surface area contributed by atoms with E-state index in [4.69, 9.17) is 20.8 Å². The van der Waals surface area contributed by atoms with E-state index in [2.05, 4.69) is 4.98 Å². The monoisotopic (exact) mass is 253 g/mol. The molecule has 0 saturated carbocycles. The quantitative estimate of drug-likeness (QED) is 0.621. The molecule has 4 nitrogen and oxygen atoms in total. The van der Waals surface area contributed by atoms with Crippen molar-refractivity contribution in [1.82, 2.24) is 4.98 Å². The van der Waals surface area contributed by atoms with Crippen molar-refractivity contribution in [3.63, 3.8) is 0 Å². The predicted molar refractivity (Wildman–Crippen MR) is 64.0 cm³/mol. The first-order valence-corrected chi connectivity index (χ1v) is 5.71. The van der Waals surface area contributed by atoms with E-state index in [1.807, 2.05) is 0 Å². The lowest BCUT2D eigenvalue weighted by molar-refractivity contribution is -0.141. The predicted octanol–water partition coefficient (Wildman–Crippen LogP) is 2.98. The Balaban J connectivity index is 1.97. The van der Waals surface area contributed by atoms with Crippen LogP contribution in [0.3, 0.4) is 0 Å². The number of oxazole rings is 1. The third-order valence-corrected chi connectivity index (χ3v) is 2.47. The number of halogens is 1. The molecule has 0 atom stereocenters. The third-order valence-electron chi connectivity index (χ3n) is 2.23. The van der Waals surface area contributed by atoms with Crippen LogP contribution in [0.2, 0.25) is 5.02 Å². The summed E-state index contributed by atoms with van der Waals surface area (Å²) in [4.78, 5) is 14.9. The molecule has 17 heavy (non-hydrogen) atoms. The van der Waals surface area contributed by atoms with Crippen LogP contribution in [-0.2, 0) is 16.0 Å². The lowest BCUT2D eigenvalue weighted by Crippen LogP contribution is -2.01. The maximum Gasteiger partial charge on any atom is 0.302 e. The second-order valence-corrected chi connectivity index (χ2v) is 4.10. The van der Waals surface area contributed by atoms with Crippen LogP contribution in [0.5, 0.6) is 0 Å². The number of aromatic nitrogens is 1. The molecule has 0 spiro atoms. The van der Waals surface area contributed by atoms with E-state index < -0.39 is 0 Å². The van der Waals surface area contributed by atoms with Gasteiger partial charge in [-0.05, 0) is 24.6 Å². The average Bonchev–Trinajstić information content (AvgIpc) is 2.66. The molecular weight excluding hydrogens is 242 g/mol. The molecule has 0 aliphatic heterocycles. The first kappa shape index (κ1) is 11.9. The van der Waals surface area contributed by atoms with Gasteiger partial charge in [0, 0.05) is 18.4 Å². The summed E-state index contributed by atoms with van der Waals surface area (Å²) in [6.07, 6.45) is 1.33. The zero-order valence-electron chi connectivity index (χ0n) is 9.40. The van der Waals surface area contributed by atoms with Crippen LogP contribution in [-0.4, -0.2) is 17.6 Å². The number of carbonyl (C=O) groups is 1. The first-order valence-electron chi connectivity index (χ1n) is 5.33. The number of rotatable bonds is 4. The second kappa shape index (κ2) is 5.19. The highest BCUT2D eigenvalue weighted by molar-refractivity contribution is 6.31. The number of hydrogen-bond donors (Lipinski definition) is 0. The van der Waals surface area contributed by atoms with Crippen molar-refractivity contribution in [2.45, 2.75) is 19.8 Å². The van der Waals surface area contributed by atoms with Crippen LogP contribution in [0.15, 0.2) is 22.6 Å². The summed E-state index contributed by atoms with van der Waals surface area (Å²) in [5.41, 5.74) is 1.47. The van der Waals surface area contributed by atoms with E-state index in [1.54, 1.807) is 18.2 Å². The molecule has 1 heterocycles. The molecule has 90 valence electrons. The second-order valence-electron chi connectivity index (χ2n) is 3.66. The largest absolute Gasteiger partial charge is 0.466 e. The summed E-state index contributed by atoms with van der Waals surface area (Å²) in [5.74, 6) is 0.365. The van der Waals surface area contributed by atoms with Crippen molar-refractivity contribution in [2.75, 3.05) is 6.61 Å². The highest BCUT2D eigenvalue weighted by Crippen LogP contribution is 2.20. The fraction of sp³-hybridized carbons (Fsp3) is 0.333. The number of fused-ring (bicyclic) bond motifs is 1. The minimum Gasteiger partial charge on any atom is -0.466 e. The van der Waals surface area contributed by atoms with Crippen molar-refractivity contribution >= 4 is 28.7 Å². The Morgan fingerprint density at radius 1 is 1.53 bits per heavy atom. The molecule has 0 radical (unpaired) electrons. The molecule has 0 bridgehead atoms. The molecule has 1 aromatic heterocycles. The van der Waals surface area contributed by atoms with Crippen molar-refractivity contribution in [3.8, 4) is 0 Å². The zero-order chi connectivity index (χ0) is 12.3. The Morgan fingerprint density at radius 2 is 2.35 bits per heavy atom. The van der Waals surface area contributed by atoms with Gasteiger partial charge in [0.15, 0.2) is 11.5 Å². The van der Waals surface area contributed by atoms with Crippen molar-refractivity contribution in [1.29, 1.82) is 0 Å². The lowest BCUT2D eigenvalue weighted by atomic mass is 10.3. The van der Waals surface area contributed by atoms with Crippen LogP contribution in [0, 0.1) is 0 Å². The third kappa shape index (κ3) is 3.20. The highest BCUT2D eigenvalue weighted by atomic mass is 35.5. The number of benzene rings is 1. The Bertz CT molecular complexity index is 536. The highest BCUT2D eigenvalue weighted by Gasteiger charge is 2.06. The molecule has 0 aliphatic rings. The average molecular weight is 254 g/mol. The molecular formula is C12H12ClNO3. The molecule has 5 heteroatoms. The Hall–Kier alpha value is -1.55. The number of esters is 1. The van der Waals surface area contributed by atoms with Crippen molar-refractivity contribution < 1.29 is 13.9 Å². The maximum absolute atomic E-state index is 10.6. The number of hydrogen-bond acceptors (Lipinski definition) is 4. The van der Waals surface area contributed by atoms with E-state index in [0.29, 0.717) is 30.4 Å². The topological polar surface area (TPSA) is 52.3 Å². The molecule has 0 amide bonds. The standard InChI is InChI=1S/C12H12ClNO3/c1-8(15)16-6-2-3-12-14-10-7-9(13)4-5-11(10)17-12/h4-5,7H,2-3,6H2,1H3. The smallest absolute Gasteiger partial charge is 0.302 e. The summed E-state index contributed by atoms with van der Waals surface area (Å²) >= 11 is 5.85. The van der Waals surface area contributed by atoms with Crippen LogP contribution < -0.4 is 0 Å². The molecule has 0 unspecified atom stereocenters. The van der Waals surface area contributed by atoms with Gasteiger partial charge in [0.25, 0.3) is 0 Å². The molecule has 0 aliphatic carbocycles. The maximum atomic E-state index is 10.6. The van der Waals surface area contributed by atoms with E-state index in [1.165, 1.54) is 6.92 Å². The van der Waals surface area contributed by atoms with Crippen LogP contribution in [0.4, 0.5) is 0 Å². The van der Waals surface area contributed by atoms with Gasteiger partial charge in [0.2, 0.25) is 0 Å². The van der Waals surface area contributed by atoms with Crippen molar-refractivity contribution in [3.05, 3.63) is 29.1 Å². The van der Waals surface area contributed by atoms with Gasteiger partial charge < -0.3 is 9.15 Å². The summed E-state index contributed by atoms with van der Waals surface area (Å²) in [6.45, 7) is 1.77. The Labute approximate surface area is 104 Å². The van der Waals surface area contributed by atoms with Gasteiger partial charge in [-0.1, -0.05) is 11.6 Å². The van der Waals surface area contributed by atoms with E-state index in [-0.39, 0.29) is 5.97 Å². The van der Waals surface area contributed by atoms with Gasteiger partial charge in [0.1, 0.15) is 5.52 Å². The summed E-state index contributed by atoms with van der Waals surface area (Å²) in [6, 6.07) is 5.31. The Morgan fingerprint density at radius 3 is 3.12 bits per heavy atom. The van der Waals surface area contributed by atoms with E-state index in [9.17, 15) is 4.79 Å².